The topological polar surface area (TPSA) is 55.1 Å². The fraction of sp³-hybridized carbons (Fsp3) is 0.235. The molecule has 0 saturated heterocycles. The number of rotatable bonds is 6. The monoisotopic (exact) mass is 328 g/mol. The summed E-state index contributed by atoms with van der Waals surface area (Å²) in [7, 11) is 1.96. The summed E-state index contributed by atoms with van der Waals surface area (Å²) in [5, 5.41) is 4.68. The van der Waals surface area contributed by atoms with Gasteiger partial charge in [0.2, 0.25) is 0 Å². The molecule has 1 aromatic carbocycles. The first-order valence-corrected chi connectivity index (χ1v) is 7.79. The van der Waals surface area contributed by atoms with Gasteiger partial charge in [0, 0.05) is 31.6 Å². The summed E-state index contributed by atoms with van der Waals surface area (Å²) in [5.41, 5.74) is 1.93. The Kier molecular flexibility index (Phi) is 4.88. The molecule has 0 atom stereocenters. The van der Waals surface area contributed by atoms with Gasteiger partial charge in [-0.1, -0.05) is 47.1 Å². The number of benzene rings is 1. The van der Waals surface area contributed by atoms with E-state index in [4.69, 9.17) is 16.1 Å². The standard InChI is InChI=1S/C17H17ClN4O/c1-22(17-15(18)11-19-12-20-17)9-5-8-14-10-16(21-23-14)13-6-3-2-4-7-13/h2-4,6-7,10-12H,5,8-9H2,1H3. The Labute approximate surface area is 139 Å². The molecular weight excluding hydrogens is 312 g/mol. The van der Waals surface area contributed by atoms with Crippen LogP contribution in [0.15, 0.2) is 53.4 Å². The van der Waals surface area contributed by atoms with Crippen molar-refractivity contribution in [3.63, 3.8) is 0 Å². The van der Waals surface area contributed by atoms with Crippen LogP contribution in [0.5, 0.6) is 0 Å². The molecular formula is C17H17ClN4O. The zero-order valence-corrected chi connectivity index (χ0v) is 13.6. The quantitative estimate of drug-likeness (QED) is 0.688. The van der Waals surface area contributed by atoms with Gasteiger partial charge in [0.1, 0.15) is 22.8 Å². The van der Waals surface area contributed by atoms with Crippen LogP contribution in [0.2, 0.25) is 5.02 Å². The van der Waals surface area contributed by atoms with E-state index in [1.165, 1.54) is 6.33 Å². The smallest absolute Gasteiger partial charge is 0.150 e. The number of aryl methyl sites for hydroxylation is 1. The molecule has 0 spiro atoms. The summed E-state index contributed by atoms with van der Waals surface area (Å²) < 4.78 is 5.41. The van der Waals surface area contributed by atoms with Gasteiger partial charge >= 0.3 is 0 Å². The lowest BCUT2D eigenvalue weighted by molar-refractivity contribution is 0.383. The molecule has 5 nitrogen and oxygen atoms in total. The summed E-state index contributed by atoms with van der Waals surface area (Å²) in [5.74, 6) is 1.62. The van der Waals surface area contributed by atoms with Crippen LogP contribution >= 0.6 is 11.6 Å². The third-order valence-corrected chi connectivity index (χ3v) is 3.82. The molecule has 0 aliphatic rings. The van der Waals surface area contributed by atoms with Crippen molar-refractivity contribution >= 4 is 17.4 Å². The largest absolute Gasteiger partial charge is 0.361 e. The molecule has 0 bridgehead atoms. The van der Waals surface area contributed by atoms with Crippen LogP contribution in [-0.2, 0) is 6.42 Å². The molecule has 118 valence electrons. The molecule has 3 rings (SSSR count). The van der Waals surface area contributed by atoms with Crippen LogP contribution in [0, 0.1) is 0 Å². The van der Waals surface area contributed by atoms with E-state index < -0.39 is 0 Å². The zero-order chi connectivity index (χ0) is 16.1. The first-order valence-electron chi connectivity index (χ1n) is 7.41. The Hall–Kier alpha value is -2.40. The predicted molar refractivity (Wildman–Crippen MR) is 90.6 cm³/mol. The number of hydrogen-bond acceptors (Lipinski definition) is 5. The van der Waals surface area contributed by atoms with Crippen LogP contribution in [0.4, 0.5) is 5.82 Å². The lowest BCUT2D eigenvalue weighted by Crippen LogP contribution is -2.20. The van der Waals surface area contributed by atoms with E-state index in [2.05, 4.69) is 15.1 Å². The van der Waals surface area contributed by atoms with Crippen LogP contribution < -0.4 is 4.90 Å². The highest BCUT2D eigenvalue weighted by molar-refractivity contribution is 6.32. The lowest BCUT2D eigenvalue weighted by atomic mass is 10.1. The van der Waals surface area contributed by atoms with Crippen LogP contribution in [0.1, 0.15) is 12.2 Å². The van der Waals surface area contributed by atoms with Gasteiger partial charge < -0.3 is 9.42 Å². The van der Waals surface area contributed by atoms with Crippen molar-refractivity contribution in [1.29, 1.82) is 0 Å². The van der Waals surface area contributed by atoms with Gasteiger partial charge in [-0.15, -0.1) is 0 Å². The van der Waals surface area contributed by atoms with Crippen molar-refractivity contribution in [2.45, 2.75) is 12.8 Å². The predicted octanol–water partition coefficient (Wildman–Crippen LogP) is 3.85. The molecule has 3 aromatic rings. The van der Waals surface area contributed by atoms with Gasteiger partial charge in [-0.25, -0.2) is 9.97 Å². The summed E-state index contributed by atoms with van der Waals surface area (Å²) in [6.07, 6.45) is 4.83. The molecule has 0 amide bonds. The van der Waals surface area contributed by atoms with Crippen molar-refractivity contribution in [2.24, 2.45) is 0 Å². The van der Waals surface area contributed by atoms with Gasteiger partial charge in [-0.2, -0.15) is 0 Å². The molecule has 0 N–H and O–H groups in total. The van der Waals surface area contributed by atoms with E-state index in [1.54, 1.807) is 6.20 Å². The highest BCUT2D eigenvalue weighted by atomic mass is 35.5. The molecule has 0 unspecified atom stereocenters. The van der Waals surface area contributed by atoms with Gasteiger partial charge in [0.05, 0.1) is 6.20 Å². The van der Waals surface area contributed by atoms with E-state index in [1.807, 2.05) is 48.3 Å². The second-order valence-electron chi connectivity index (χ2n) is 5.26. The minimum Gasteiger partial charge on any atom is -0.361 e. The zero-order valence-electron chi connectivity index (χ0n) is 12.8. The normalized spacial score (nSPS) is 10.7. The Morgan fingerprint density at radius 3 is 2.83 bits per heavy atom. The molecule has 23 heavy (non-hydrogen) atoms. The fourth-order valence-electron chi connectivity index (χ4n) is 2.36. The van der Waals surface area contributed by atoms with Gasteiger partial charge in [0.25, 0.3) is 0 Å². The third-order valence-electron chi connectivity index (χ3n) is 3.55. The molecule has 6 heteroatoms. The van der Waals surface area contributed by atoms with E-state index in [0.29, 0.717) is 5.02 Å². The highest BCUT2D eigenvalue weighted by Crippen LogP contribution is 2.21. The van der Waals surface area contributed by atoms with Crippen molar-refractivity contribution < 1.29 is 4.52 Å². The molecule has 2 aromatic heterocycles. The molecule has 0 aliphatic carbocycles. The molecule has 0 radical (unpaired) electrons. The summed E-state index contributed by atoms with van der Waals surface area (Å²) in [6.45, 7) is 0.818. The summed E-state index contributed by atoms with van der Waals surface area (Å²) in [6, 6.07) is 12.0. The molecule has 2 heterocycles. The summed E-state index contributed by atoms with van der Waals surface area (Å²) >= 11 is 6.09. The van der Waals surface area contributed by atoms with Gasteiger partial charge in [-0.3, -0.25) is 0 Å². The average Bonchev–Trinajstić information content (AvgIpc) is 3.05. The van der Waals surface area contributed by atoms with E-state index >= 15 is 0 Å². The van der Waals surface area contributed by atoms with E-state index in [0.717, 1.165) is 42.2 Å². The lowest BCUT2D eigenvalue weighted by Gasteiger charge is -2.18. The van der Waals surface area contributed by atoms with E-state index in [9.17, 15) is 0 Å². The molecule has 0 fully saturated rings. The van der Waals surface area contributed by atoms with Crippen LogP contribution in [0.25, 0.3) is 11.3 Å². The van der Waals surface area contributed by atoms with Crippen LogP contribution in [-0.4, -0.2) is 28.7 Å². The second-order valence-corrected chi connectivity index (χ2v) is 5.67. The van der Waals surface area contributed by atoms with Gasteiger partial charge in [-0.05, 0) is 6.42 Å². The maximum Gasteiger partial charge on any atom is 0.150 e. The highest BCUT2D eigenvalue weighted by Gasteiger charge is 2.09. The third kappa shape index (κ3) is 3.87. The maximum atomic E-state index is 6.09. The number of anilines is 1. The number of aromatic nitrogens is 3. The Balaban J connectivity index is 1.55. The number of nitrogens with zero attached hydrogens (tertiary/aromatic N) is 4. The minimum atomic E-state index is 0.557. The van der Waals surface area contributed by atoms with Gasteiger partial charge in [0.15, 0.2) is 5.82 Å². The summed E-state index contributed by atoms with van der Waals surface area (Å²) in [4.78, 5) is 10.1. The first-order chi connectivity index (χ1) is 11.2. The Morgan fingerprint density at radius 1 is 1.22 bits per heavy atom. The Morgan fingerprint density at radius 2 is 2.04 bits per heavy atom. The van der Waals surface area contributed by atoms with Crippen molar-refractivity contribution in [2.75, 3.05) is 18.5 Å². The maximum absolute atomic E-state index is 6.09. The SMILES string of the molecule is CN(CCCc1cc(-c2ccccc2)no1)c1ncncc1Cl. The number of halogens is 1. The Bertz CT molecular complexity index is 760. The van der Waals surface area contributed by atoms with Crippen LogP contribution in [0.3, 0.4) is 0 Å². The number of hydrogen-bond donors (Lipinski definition) is 0. The first kappa shape index (κ1) is 15.5. The van der Waals surface area contributed by atoms with E-state index in [-0.39, 0.29) is 0 Å². The van der Waals surface area contributed by atoms with Crippen molar-refractivity contribution in [3.8, 4) is 11.3 Å². The minimum absolute atomic E-state index is 0.557. The molecule has 0 saturated carbocycles. The molecule has 0 aliphatic heterocycles. The average molecular weight is 329 g/mol. The van der Waals surface area contributed by atoms with Crippen molar-refractivity contribution in [3.05, 3.63) is 59.7 Å². The van der Waals surface area contributed by atoms with Crippen molar-refractivity contribution in [1.82, 2.24) is 15.1 Å². The second kappa shape index (κ2) is 7.24. The fourth-order valence-corrected chi connectivity index (χ4v) is 2.61.